The van der Waals surface area contributed by atoms with Crippen molar-refractivity contribution in [2.75, 3.05) is 0 Å². The summed E-state index contributed by atoms with van der Waals surface area (Å²) in [7, 11) is 0. The number of nitrogens with zero attached hydrogens (tertiary/aromatic N) is 2. The Labute approximate surface area is 123 Å². The van der Waals surface area contributed by atoms with Gasteiger partial charge in [-0.1, -0.05) is 38.1 Å². The lowest BCUT2D eigenvalue weighted by atomic mass is 10.1. The molecule has 0 saturated carbocycles. The van der Waals surface area contributed by atoms with Crippen LogP contribution in [0.1, 0.15) is 31.2 Å². The summed E-state index contributed by atoms with van der Waals surface area (Å²) in [5, 5.41) is 1.72. The quantitative estimate of drug-likeness (QED) is 0.734. The van der Waals surface area contributed by atoms with E-state index in [0.29, 0.717) is 12.5 Å². The summed E-state index contributed by atoms with van der Waals surface area (Å²) >= 11 is 0. The van der Waals surface area contributed by atoms with Gasteiger partial charge < -0.3 is 4.57 Å². The van der Waals surface area contributed by atoms with Gasteiger partial charge in [0.15, 0.2) is 0 Å². The maximum Gasteiger partial charge on any atom is 0.258 e. The first kappa shape index (κ1) is 13.6. The van der Waals surface area contributed by atoms with Gasteiger partial charge in [-0.3, -0.25) is 9.78 Å². The Bertz CT molecular complexity index is 834. The van der Waals surface area contributed by atoms with Crippen molar-refractivity contribution in [2.45, 2.75) is 26.3 Å². The maximum atomic E-state index is 12.5. The van der Waals surface area contributed by atoms with Crippen LogP contribution in [0.25, 0.3) is 10.8 Å². The number of aromatic nitrogens is 2. The molecular weight excluding hydrogens is 260 g/mol. The molecule has 0 unspecified atom stereocenters. The van der Waals surface area contributed by atoms with E-state index < -0.39 is 0 Å². The van der Waals surface area contributed by atoms with Gasteiger partial charge in [0.25, 0.3) is 5.56 Å². The Balaban J connectivity index is 2.00. The highest BCUT2D eigenvalue weighted by atomic mass is 16.1. The van der Waals surface area contributed by atoms with Crippen molar-refractivity contribution in [3.63, 3.8) is 0 Å². The van der Waals surface area contributed by atoms with E-state index in [1.807, 2.05) is 54.7 Å². The van der Waals surface area contributed by atoms with Crippen LogP contribution in [0.3, 0.4) is 0 Å². The van der Waals surface area contributed by atoms with Gasteiger partial charge in [0.1, 0.15) is 0 Å². The molecule has 0 saturated heterocycles. The molecule has 3 heteroatoms. The number of fused-ring (bicyclic) bond motifs is 1. The lowest BCUT2D eigenvalue weighted by Crippen LogP contribution is -2.20. The van der Waals surface area contributed by atoms with Crippen LogP contribution in [0.2, 0.25) is 0 Å². The van der Waals surface area contributed by atoms with Crippen molar-refractivity contribution in [2.24, 2.45) is 0 Å². The first-order valence-electron chi connectivity index (χ1n) is 7.19. The monoisotopic (exact) mass is 278 g/mol. The van der Waals surface area contributed by atoms with Crippen molar-refractivity contribution in [3.8, 4) is 0 Å². The van der Waals surface area contributed by atoms with Crippen LogP contribution in [-0.2, 0) is 6.54 Å². The third kappa shape index (κ3) is 2.72. The highest BCUT2D eigenvalue weighted by Gasteiger charge is 2.05. The standard InChI is InChI=1S/C18H18N2O/c1-13(2)17-9-5-7-15(19-17)12-20-11-10-14-6-3-4-8-16(14)18(20)21/h3-11,13H,12H2,1-2H3. The number of pyridine rings is 2. The highest BCUT2D eigenvalue weighted by Crippen LogP contribution is 2.13. The number of hydrogen-bond donors (Lipinski definition) is 0. The number of rotatable bonds is 3. The predicted molar refractivity (Wildman–Crippen MR) is 85.6 cm³/mol. The van der Waals surface area contributed by atoms with E-state index in [9.17, 15) is 4.79 Å². The molecule has 2 aromatic heterocycles. The zero-order valence-corrected chi connectivity index (χ0v) is 12.3. The summed E-state index contributed by atoms with van der Waals surface area (Å²) in [6.45, 7) is 4.74. The normalized spacial score (nSPS) is 11.2. The van der Waals surface area contributed by atoms with Crippen LogP contribution in [0.15, 0.2) is 59.5 Å². The zero-order valence-electron chi connectivity index (χ0n) is 12.3. The molecule has 0 aliphatic heterocycles. The van der Waals surface area contributed by atoms with Gasteiger partial charge >= 0.3 is 0 Å². The van der Waals surface area contributed by atoms with Gasteiger partial charge in [0, 0.05) is 17.3 Å². The Kier molecular flexibility index (Phi) is 3.57. The van der Waals surface area contributed by atoms with Gasteiger partial charge in [-0.25, -0.2) is 0 Å². The molecule has 0 bridgehead atoms. The Hall–Kier alpha value is -2.42. The maximum absolute atomic E-state index is 12.5. The van der Waals surface area contributed by atoms with Crippen LogP contribution in [0, 0.1) is 0 Å². The van der Waals surface area contributed by atoms with Crippen molar-refractivity contribution in [3.05, 3.63) is 76.5 Å². The van der Waals surface area contributed by atoms with Crippen molar-refractivity contribution in [1.82, 2.24) is 9.55 Å². The minimum absolute atomic E-state index is 0.0323. The minimum Gasteiger partial charge on any atom is -0.309 e. The van der Waals surface area contributed by atoms with Gasteiger partial charge in [-0.05, 0) is 35.6 Å². The number of benzene rings is 1. The van der Waals surface area contributed by atoms with E-state index in [1.54, 1.807) is 4.57 Å². The lowest BCUT2D eigenvalue weighted by molar-refractivity contribution is 0.727. The first-order valence-corrected chi connectivity index (χ1v) is 7.19. The molecule has 3 rings (SSSR count). The van der Waals surface area contributed by atoms with E-state index >= 15 is 0 Å². The average molecular weight is 278 g/mol. The molecule has 0 aliphatic rings. The average Bonchev–Trinajstić information content (AvgIpc) is 2.51. The molecule has 0 spiro atoms. The van der Waals surface area contributed by atoms with Crippen LogP contribution in [-0.4, -0.2) is 9.55 Å². The fourth-order valence-corrected chi connectivity index (χ4v) is 2.44. The molecule has 2 heterocycles. The van der Waals surface area contributed by atoms with Crippen molar-refractivity contribution < 1.29 is 0 Å². The van der Waals surface area contributed by atoms with Crippen LogP contribution in [0.4, 0.5) is 0 Å². The van der Waals surface area contributed by atoms with E-state index in [1.165, 1.54) is 0 Å². The van der Waals surface area contributed by atoms with Gasteiger partial charge in [0.05, 0.1) is 12.2 Å². The van der Waals surface area contributed by atoms with Crippen LogP contribution in [0.5, 0.6) is 0 Å². The second-order valence-electron chi connectivity index (χ2n) is 5.54. The molecule has 3 nitrogen and oxygen atoms in total. The third-order valence-corrected chi connectivity index (χ3v) is 3.64. The Morgan fingerprint density at radius 2 is 1.86 bits per heavy atom. The molecule has 0 fully saturated rings. The molecule has 0 amide bonds. The Morgan fingerprint density at radius 1 is 1.05 bits per heavy atom. The fourth-order valence-electron chi connectivity index (χ4n) is 2.44. The number of hydrogen-bond acceptors (Lipinski definition) is 2. The first-order chi connectivity index (χ1) is 10.1. The topological polar surface area (TPSA) is 34.9 Å². The van der Waals surface area contributed by atoms with Gasteiger partial charge in [-0.2, -0.15) is 0 Å². The minimum atomic E-state index is 0.0323. The fraction of sp³-hybridized carbons (Fsp3) is 0.222. The predicted octanol–water partition coefficient (Wildman–Crippen LogP) is 3.57. The largest absolute Gasteiger partial charge is 0.309 e. The lowest BCUT2D eigenvalue weighted by Gasteiger charge is -2.09. The van der Waals surface area contributed by atoms with Gasteiger partial charge in [0.2, 0.25) is 0 Å². The summed E-state index contributed by atoms with van der Waals surface area (Å²) in [5.74, 6) is 0.387. The highest BCUT2D eigenvalue weighted by molar-refractivity contribution is 5.81. The SMILES string of the molecule is CC(C)c1cccc(Cn2ccc3ccccc3c2=O)n1. The van der Waals surface area contributed by atoms with E-state index in [-0.39, 0.29) is 5.56 Å². The summed E-state index contributed by atoms with van der Waals surface area (Å²) in [6, 6.07) is 15.6. The molecule has 0 atom stereocenters. The van der Waals surface area contributed by atoms with E-state index in [0.717, 1.165) is 22.2 Å². The van der Waals surface area contributed by atoms with Crippen LogP contribution < -0.4 is 5.56 Å². The molecule has 0 N–H and O–H groups in total. The molecule has 21 heavy (non-hydrogen) atoms. The van der Waals surface area contributed by atoms with Crippen LogP contribution >= 0.6 is 0 Å². The van der Waals surface area contributed by atoms with E-state index in [4.69, 9.17) is 0 Å². The molecule has 0 radical (unpaired) electrons. The molecule has 0 aliphatic carbocycles. The molecule has 3 aromatic rings. The molecule has 1 aromatic carbocycles. The third-order valence-electron chi connectivity index (χ3n) is 3.64. The second kappa shape index (κ2) is 5.52. The zero-order chi connectivity index (χ0) is 14.8. The Morgan fingerprint density at radius 3 is 2.67 bits per heavy atom. The molecule has 106 valence electrons. The summed E-state index contributed by atoms with van der Waals surface area (Å²) < 4.78 is 1.72. The van der Waals surface area contributed by atoms with E-state index in [2.05, 4.69) is 18.8 Å². The second-order valence-corrected chi connectivity index (χ2v) is 5.54. The smallest absolute Gasteiger partial charge is 0.258 e. The summed E-state index contributed by atoms with van der Waals surface area (Å²) in [6.07, 6.45) is 1.84. The van der Waals surface area contributed by atoms with Crippen molar-refractivity contribution in [1.29, 1.82) is 0 Å². The van der Waals surface area contributed by atoms with Crippen molar-refractivity contribution >= 4 is 10.8 Å². The molecular formula is C18H18N2O. The summed E-state index contributed by atoms with van der Waals surface area (Å²) in [4.78, 5) is 17.1. The van der Waals surface area contributed by atoms with Gasteiger partial charge in [-0.15, -0.1) is 0 Å². The summed E-state index contributed by atoms with van der Waals surface area (Å²) in [5.41, 5.74) is 2.00.